The number of ether oxygens (including phenoxy) is 1. The van der Waals surface area contributed by atoms with Crippen molar-refractivity contribution in [1.29, 1.82) is 0 Å². The van der Waals surface area contributed by atoms with Gasteiger partial charge in [-0.2, -0.15) is 0 Å². The molecule has 0 spiro atoms. The van der Waals surface area contributed by atoms with Crippen LogP contribution in [0.5, 0.6) is 5.75 Å². The highest BCUT2D eigenvalue weighted by atomic mass is 16.5. The summed E-state index contributed by atoms with van der Waals surface area (Å²) in [5.74, 6) is -0.545. The molecule has 0 unspecified atom stereocenters. The van der Waals surface area contributed by atoms with E-state index in [0.717, 1.165) is 25.9 Å². The van der Waals surface area contributed by atoms with Crippen LogP contribution in [0, 0.1) is 0 Å². The summed E-state index contributed by atoms with van der Waals surface area (Å²) in [6.45, 7) is 1.57. The molecule has 1 aliphatic heterocycles. The predicted molar refractivity (Wildman–Crippen MR) is 87.0 cm³/mol. The smallest absolute Gasteiger partial charge is 0.319 e. The second-order valence-corrected chi connectivity index (χ2v) is 5.43. The van der Waals surface area contributed by atoms with E-state index in [1.54, 1.807) is 29.2 Å². The third-order valence-corrected chi connectivity index (χ3v) is 3.54. The van der Waals surface area contributed by atoms with Gasteiger partial charge in [0.2, 0.25) is 0 Å². The lowest BCUT2D eigenvalue weighted by Gasteiger charge is -2.15. The lowest BCUT2D eigenvalue weighted by Crippen LogP contribution is -2.32. The SMILES string of the molecule is O=C(O)CCNC(=O)Nc1cccc(OCC(=O)N2CCCC2)c1. The van der Waals surface area contributed by atoms with E-state index in [2.05, 4.69) is 10.6 Å². The average Bonchev–Trinajstić information content (AvgIpc) is 3.07. The van der Waals surface area contributed by atoms with Gasteiger partial charge in [0, 0.05) is 31.4 Å². The number of anilines is 1. The Morgan fingerprint density at radius 3 is 2.67 bits per heavy atom. The molecular weight excluding hydrogens is 314 g/mol. The molecule has 0 aromatic heterocycles. The second-order valence-electron chi connectivity index (χ2n) is 5.43. The molecule has 2 rings (SSSR count). The van der Waals surface area contributed by atoms with Gasteiger partial charge in [-0.1, -0.05) is 6.07 Å². The Morgan fingerprint density at radius 2 is 1.96 bits per heavy atom. The highest BCUT2D eigenvalue weighted by Gasteiger charge is 2.18. The van der Waals surface area contributed by atoms with Gasteiger partial charge in [0.05, 0.1) is 6.42 Å². The van der Waals surface area contributed by atoms with Gasteiger partial charge in [0.15, 0.2) is 6.61 Å². The minimum atomic E-state index is -0.978. The van der Waals surface area contributed by atoms with Gasteiger partial charge in [-0.3, -0.25) is 9.59 Å². The Labute approximate surface area is 139 Å². The Bertz CT molecular complexity index is 599. The van der Waals surface area contributed by atoms with Crippen LogP contribution in [-0.2, 0) is 9.59 Å². The summed E-state index contributed by atoms with van der Waals surface area (Å²) in [5.41, 5.74) is 0.494. The third kappa shape index (κ3) is 5.79. The maximum atomic E-state index is 11.9. The van der Waals surface area contributed by atoms with Crippen LogP contribution in [-0.4, -0.2) is 54.2 Å². The standard InChI is InChI=1S/C16H21N3O5/c20-14(19-8-1-2-9-19)11-24-13-5-3-4-12(10-13)18-16(23)17-7-6-15(21)22/h3-5,10H,1-2,6-9,11H2,(H,21,22)(H2,17,18,23). The van der Waals surface area contributed by atoms with Crippen molar-refractivity contribution >= 4 is 23.6 Å². The van der Waals surface area contributed by atoms with Crippen LogP contribution < -0.4 is 15.4 Å². The third-order valence-electron chi connectivity index (χ3n) is 3.54. The van der Waals surface area contributed by atoms with Gasteiger partial charge in [0.1, 0.15) is 5.75 Å². The van der Waals surface area contributed by atoms with Gasteiger partial charge in [-0.15, -0.1) is 0 Å². The second kappa shape index (κ2) is 8.76. The van der Waals surface area contributed by atoms with E-state index < -0.39 is 12.0 Å². The molecule has 1 aliphatic rings. The van der Waals surface area contributed by atoms with Gasteiger partial charge in [0.25, 0.3) is 5.91 Å². The fraction of sp³-hybridized carbons (Fsp3) is 0.438. The van der Waals surface area contributed by atoms with Gasteiger partial charge >= 0.3 is 12.0 Å². The maximum Gasteiger partial charge on any atom is 0.319 e. The summed E-state index contributed by atoms with van der Waals surface area (Å²) in [6.07, 6.45) is 1.92. The summed E-state index contributed by atoms with van der Waals surface area (Å²) in [7, 11) is 0. The number of aliphatic carboxylic acids is 1. The first-order chi connectivity index (χ1) is 11.5. The van der Waals surface area contributed by atoms with E-state index in [9.17, 15) is 14.4 Å². The number of amides is 3. The normalized spacial score (nSPS) is 13.4. The van der Waals surface area contributed by atoms with Crippen LogP contribution >= 0.6 is 0 Å². The molecule has 0 radical (unpaired) electrons. The van der Waals surface area contributed by atoms with Crippen molar-refractivity contribution in [3.63, 3.8) is 0 Å². The number of carbonyl (C=O) groups excluding carboxylic acids is 2. The van der Waals surface area contributed by atoms with Crippen LogP contribution in [0.15, 0.2) is 24.3 Å². The number of carbonyl (C=O) groups is 3. The van der Waals surface area contributed by atoms with Crippen LogP contribution in [0.25, 0.3) is 0 Å². The molecule has 0 saturated carbocycles. The zero-order valence-corrected chi connectivity index (χ0v) is 13.3. The molecule has 8 heteroatoms. The molecule has 1 fully saturated rings. The molecule has 24 heavy (non-hydrogen) atoms. The van der Waals surface area contributed by atoms with E-state index >= 15 is 0 Å². The minimum absolute atomic E-state index is 0.0335. The molecule has 0 aliphatic carbocycles. The van der Waals surface area contributed by atoms with Crippen molar-refractivity contribution in [1.82, 2.24) is 10.2 Å². The summed E-state index contributed by atoms with van der Waals surface area (Å²) in [4.78, 5) is 35.7. The maximum absolute atomic E-state index is 11.9. The first-order valence-electron chi connectivity index (χ1n) is 7.82. The van der Waals surface area contributed by atoms with Crippen molar-refractivity contribution in [2.24, 2.45) is 0 Å². The van der Waals surface area contributed by atoms with E-state index in [4.69, 9.17) is 9.84 Å². The molecule has 1 aromatic rings. The average molecular weight is 335 g/mol. The number of benzene rings is 1. The van der Waals surface area contributed by atoms with Crippen molar-refractivity contribution < 1.29 is 24.2 Å². The Morgan fingerprint density at radius 1 is 1.21 bits per heavy atom. The largest absolute Gasteiger partial charge is 0.484 e. The monoisotopic (exact) mass is 335 g/mol. The molecule has 1 heterocycles. The fourth-order valence-corrected chi connectivity index (χ4v) is 2.32. The number of nitrogens with one attached hydrogen (secondary N) is 2. The molecule has 8 nitrogen and oxygen atoms in total. The number of hydrogen-bond acceptors (Lipinski definition) is 4. The number of hydrogen-bond donors (Lipinski definition) is 3. The molecule has 1 saturated heterocycles. The van der Waals surface area contributed by atoms with E-state index in [1.807, 2.05) is 0 Å². The summed E-state index contributed by atoms with van der Waals surface area (Å²) in [6, 6.07) is 6.18. The lowest BCUT2D eigenvalue weighted by atomic mass is 10.3. The highest BCUT2D eigenvalue weighted by molar-refractivity contribution is 5.89. The number of likely N-dealkylation sites (tertiary alicyclic amines) is 1. The van der Waals surface area contributed by atoms with E-state index in [1.165, 1.54) is 0 Å². The number of rotatable bonds is 7. The van der Waals surface area contributed by atoms with Crippen LogP contribution in [0.4, 0.5) is 10.5 Å². The first-order valence-corrected chi connectivity index (χ1v) is 7.82. The predicted octanol–water partition coefficient (Wildman–Crippen LogP) is 1.28. The Kier molecular flexibility index (Phi) is 6.41. The van der Waals surface area contributed by atoms with Gasteiger partial charge in [-0.05, 0) is 25.0 Å². The molecule has 3 N–H and O–H groups in total. The summed E-state index contributed by atoms with van der Waals surface area (Å²) in [5, 5.41) is 13.5. The van der Waals surface area contributed by atoms with Gasteiger partial charge < -0.3 is 25.4 Å². The summed E-state index contributed by atoms with van der Waals surface area (Å²) < 4.78 is 5.47. The van der Waals surface area contributed by atoms with Crippen LogP contribution in [0.2, 0.25) is 0 Å². The molecule has 0 bridgehead atoms. The Balaban J connectivity index is 1.79. The molecule has 130 valence electrons. The fourth-order valence-electron chi connectivity index (χ4n) is 2.32. The number of carboxylic acid groups (broad SMARTS) is 1. The number of carboxylic acids is 1. The van der Waals surface area contributed by atoms with Crippen molar-refractivity contribution in [3.8, 4) is 5.75 Å². The first kappa shape index (κ1) is 17.6. The summed E-state index contributed by atoms with van der Waals surface area (Å²) >= 11 is 0. The number of urea groups is 1. The van der Waals surface area contributed by atoms with E-state index in [-0.39, 0.29) is 25.5 Å². The topological polar surface area (TPSA) is 108 Å². The number of nitrogens with zero attached hydrogens (tertiary/aromatic N) is 1. The minimum Gasteiger partial charge on any atom is -0.484 e. The van der Waals surface area contributed by atoms with Gasteiger partial charge in [-0.25, -0.2) is 4.79 Å². The zero-order valence-electron chi connectivity index (χ0n) is 13.3. The van der Waals surface area contributed by atoms with Crippen molar-refractivity contribution in [3.05, 3.63) is 24.3 Å². The zero-order chi connectivity index (χ0) is 17.4. The van der Waals surface area contributed by atoms with E-state index in [0.29, 0.717) is 11.4 Å². The van der Waals surface area contributed by atoms with Crippen molar-refractivity contribution in [2.45, 2.75) is 19.3 Å². The lowest BCUT2D eigenvalue weighted by molar-refractivity contribution is -0.137. The molecule has 1 aromatic carbocycles. The molecule has 3 amide bonds. The highest BCUT2D eigenvalue weighted by Crippen LogP contribution is 2.17. The Hall–Kier alpha value is -2.77. The molecular formula is C16H21N3O5. The van der Waals surface area contributed by atoms with Crippen molar-refractivity contribution in [2.75, 3.05) is 31.6 Å². The molecule has 0 atom stereocenters. The quantitative estimate of drug-likeness (QED) is 0.696. The van der Waals surface area contributed by atoms with Crippen LogP contribution in [0.3, 0.4) is 0 Å². The van der Waals surface area contributed by atoms with Crippen LogP contribution in [0.1, 0.15) is 19.3 Å².